The molecule has 0 saturated carbocycles. The SMILES string of the molecule is CCCN(CCC)CC(=O)N1c2ccccc2CC1C. The van der Waals surface area contributed by atoms with Crippen LogP contribution < -0.4 is 4.90 Å². The minimum absolute atomic E-state index is 0.240. The number of hydrogen-bond acceptors (Lipinski definition) is 2. The molecule has 0 bridgehead atoms. The third-order valence-corrected chi connectivity index (χ3v) is 3.91. The second-order valence-electron chi connectivity index (χ2n) is 5.72. The summed E-state index contributed by atoms with van der Waals surface area (Å²) in [5, 5.41) is 0. The molecule has 3 nitrogen and oxygen atoms in total. The third kappa shape index (κ3) is 3.21. The van der Waals surface area contributed by atoms with E-state index in [1.165, 1.54) is 5.56 Å². The van der Waals surface area contributed by atoms with Crippen molar-refractivity contribution < 1.29 is 4.79 Å². The van der Waals surface area contributed by atoms with E-state index >= 15 is 0 Å². The largest absolute Gasteiger partial charge is 0.308 e. The van der Waals surface area contributed by atoms with Crippen LogP contribution in [0, 0.1) is 0 Å². The highest BCUT2D eigenvalue weighted by molar-refractivity contribution is 5.97. The molecule has 20 heavy (non-hydrogen) atoms. The molecular weight excluding hydrogens is 248 g/mol. The number of rotatable bonds is 6. The first-order valence-electron chi connectivity index (χ1n) is 7.79. The van der Waals surface area contributed by atoms with Crippen LogP contribution >= 0.6 is 0 Å². The molecule has 1 aromatic rings. The van der Waals surface area contributed by atoms with Gasteiger partial charge in [-0.15, -0.1) is 0 Å². The molecule has 1 unspecified atom stereocenters. The summed E-state index contributed by atoms with van der Waals surface area (Å²) in [7, 11) is 0. The van der Waals surface area contributed by atoms with Crippen LogP contribution in [0.1, 0.15) is 39.2 Å². The van der Waals surface area contributed by atoms with Gasteiger partial charge in [0, 0.05) is 11.7 Å². The van der Waals surface area contributed by atoms with Crippen LogP contribution in [0.3, 0.4) is 0 Å². The maximum absolute atomic E-state index is 12.7. The molecule has 0 N–H and O–H groups in total. The summed E-state index contributed by atoms with van der Waals surface area (Å²) >= 11 is 0. The Bertz CT molecular complexity index is 452. The molecule has 1 aliphatic heterocycles. The van der Waals surface area contributed by atoms with E-state index in [2.05, 4.69) is 43.9 Å². The molecule has 1 atom stereocenters. The van der Waals surface area contributed by atoms with Crippen molar-refractivity contribution in [2.24, 2.45) is 0 Å². The fourth-order valence-electron chi connectivity index (χ4n) is 3.12. The second kappa shape index (κ2) is 6.89. The Balaban J connectivity index is 2.08. The highest BCUT2D eigenvalue weighted by atomic mass is 16.2. The minimum atomic E-state index is 0.240. The number of amides is 1. The van der Waals surface area contributed by atoms with Gasteiger partial charge in [-0.1, -0.05) is 32.0 Å². The lowest BCUT2D eigenvalue weighted by molar-refractivity contribution is -0.120. The van der Waals surface area contributed by atoms with Gasteiger partial charge >= 0.3 is 0 Å². The summed E-state index contributed by atoms with van der Waals surface area (Å²) in [5.41, 5.74) is 2.41. The molecule has 0 spiro atoms. The zero-order valence-corrected chi connectivity index (χ0v) is 12.9. The summed E-state index contributed by atoms with van der Waals surface area (Å²) in [5.74, 6) is 0.240. The fraction of sp³-hybridized carbons (Fsp3) is 0.588. The highest BCUT2D eigenvalue weighted by Gasteiger charge is 2.30. The lowest BCUT2D eigenvalue weighted by Gasteiger charge is -2.27. The quantitative estimate of drug-likeness (QED) is 0.796. The van der Waals surface area contributed by atoms with E-state index in [-0.39, 0.29) is 11.9 Å². The summed E-state index contributed by atoms with van der Waals surface area (Å²) in [4.78, 5) is 16.9. The Labute approximate surface area is 122 Å². The number of carbonyl (C=O) groups is 1. The molecule has 1 aliphatic rings. The van der Waals surface area contributed by atoms with Crippen LogP contribution in [0.15, 0.2) is 24.3 Å². The average molecular weight is 274 g/mol. The van der Waals surface area contributed by atoms with Gasteiger partial charge in [0.2, 0.25) is 5.91 Å². The molecule has 1 amide bonds. The van der Waals surface area contributed by atoms with Crippen molar-refractivity contribution in [3.05, 3.63) is 29.8 Å². The average Bonchev–Trinajstić information content (AvgIpc) is 2.75. The van der Waals surface area contributed by atoms with Gasteiger partial charge in [0.25, 0.3) is 0 Å². The smallest absolute Gasteiger partial charge is 0.241 e. The molecular formula is C17H26N2O. The molecule has 1 aromatic carbocycles. The Morgan fingerprint density at radius 3 is 2.55 bits per heavy atom. The Kier molecular flexibility index (Phi) is 5.18. The molecule has 0 radical (unpaired) electrons. The van der Waals surface area contributed by atoms with Crippen LogP contribution in [0.25, 0.3) is 0 Å². The molecule has 0 aliphatic carbocycles. The van der Waals surface area contributed by atoms with E-state index in [4.69, 9.17) is 0 Å². The molecule has 0 aromatic heterocycles. The van der Waals surface area contributed by atoms with Crippen LogP contribution in [0.5, 0.6) is 0 Å². The number of fused-ring (bicyclic) bond motifs is 1. The zero-order valence-electron chi connectivity index (χ0n) is 12.9. The van der Waals surface area contributed by atoms with Gasteiger partial charge in [-0.25, -0.2) is 0 Å². The van der Waals surface area contributed by atoms with Crippen LogP contribution in [0.2, 0.25) is 0 Å². The molecule has 110 valence electrons. The summed E-state index contributed by atoms with van der Waals surface area (Å²) in [6.07, 6.45) is 3.17. The van der Waals surface area contributed by atoms with E-state index < -0.39 is 0 Å². The first kappa shape index (κ1) is 15.0. The van der Waals surface area contributed by atoms with Gasteiger partial charge in [0.1, 0.15) is 0 Å². The number of carbonyl (C=O) groups excluding carboxylic acids is 1. The first-order valence-corrected chi connectivity index (χ1v) is 7.79. The van der Waals surface area contributed by atoms with Crippen molar-refractivity contribution in [1.82, 2.24) is 4.90 Å². The predicted molar refractivity (Wildman–Crippen MR) is 84.1 cm³/mol. The number of para-hydroxylation sites is 1. The second-order valence-corrected chi connectivity index (χ2v) is 5.72. The Morgan fingerprint density at radius 1 is 1.25 bits per heavy atom. The summed E-state index contributed by atoms with van der Waals surface area (Å²) in [6, 6.07) is 8.56. The van der Waals surface area contributed by atoms with Crippen LogP contribution in [-0.2, 0) is 11.2 Å². The lowest BCUT2D eigenvalue weighted by Crippen LogP contribution is -2.43. The van der Waals surface area contributed by atoms with Crippen LogP contribution in [-0.4, -0.2) is 36.5 Å². The normalized spacial score (nSPS) is 17.6. The molecule has 0 fully saturated rings. The summed E-state index contributed by atoms with van der Waals surface area (Å²) < 4.78 is 0. The molecule has 0 saturated heterocycles. The predicted octanol–water partition coefficient (Wildman–Crippen LogP) is 3.09. The number of hydrogen-bond donors (Lipinski definition) is 0. The van der Waals surface area contributed by atoms with Crippen molar-refractivity contribution in [2.45, 2.75) is 46.1 Å². The highest BCUT2D eigenvalue weighted by Crippen LogP contribution is 2.31. The van der Waals surface area contributed by atoms with Gasteiger partial charge < -0.3 is 4.90 Å². The topological polar surface area (TPSA) is 23.6 Å². The Hall–Kier alpha value is -1.35. The first-order chi connectivity index (χ1) is 9.67. The van der Waals surface area contributed by atoms with E-state index in [1.54, 1.807) is 0 Å². The van der Waals surface area contributed by atoms with Gasteiger partial charge in [-0.2, -0.15) is 0 Å². The molecule has 1 heterocycles. The zero-order chi connectivity index (χ0) is 14.5. The van der Waals surface area contributed by atoms with Gasteiger partial charge in [0.15, 0.2) is 0 Å². The monoisotopic (exact) mass is 274 g/mol. The van der Waals surface area contributed by atoms with Gasteiger partial charge in [0.05, 0.1) is 6.54 Å². The lowest BCUT2D eigenvalue weighted by atomic mass is 10.1. The maximum atomic E-state index is 12.7. The number of benzene rings is 1. The molecule has 2 rings (SSSR count). The standard InChI is InChI=1S/C17H26N2O/c1-4-10-18(11-5-2)13-17(20)19-14(3)12-15-8-6-7-9-16(15)19/h6-9,14H,4-5,10-13H2,1-3H3. The van der Waals surface area contributed by atoms with Gasteiger partial charge in [-0.05, 0) is 50.9 Å². The van der Waals surface area contributed by atoms with Crippen molar-refractivity contribution in [3.8, 4) is 0 Å². The van der Waals surface area contributed by atoms with E-state index in [0.29, 0.717) is 6.54 Å². The third-order valence-electron chi connectivity index (χ3n) is 3.91. The summed E-state index contributed by atoms with van der Waals surface area (Å²) in [6.45, 7) is 9.02. The van der Waals surface area contributed by atoms with Crippen LogP contribution in [0.4, 0.5) is 5.69 Å². The Morgan fingerprint density at radius 2 is 1.90 bits per heavy atom. The van der Waals surface area contributed by atoms with E-state index in [1.807, 2.05) is 11.0 Å². The minimum Gasteiger partial charge on any atom is -0.308 e. The van der Waals surface area contributed by atoms with Gasteiger partial charge in [-0.3, -0.25) is 9.69 Å². The number of nitrogens with zero attached hydrogens (tertiary/aromatic N) is 2. The van der Waals surface area contributed by atoms with E-state index in [0.717, 1.165) is 38.0 Å². The fourth-order valence-corrected chi connectivity index (χ4v) is 3.12. The van der Waals surface area contributed by atoms with Crippen molar-refractivity contribution in [1.29, 1.82) is 0 Å². The van der Waals surface area contributed by atoms with E-state index in [9.17, 15) is 4.79 Å². The molecule has 3 heteroatoms. The van der Waals surface area contributed by atoms with Crippen molar-refractivity contribution in [2.75, 3.05) is 24.5 Å². The van der Waals surface area contributed by atoms with Crippen molar-refractivity contribution in [3.63, 3.8) is 0 Å². The van der Waals surface area contributed by atoms with Crippen molar-refractivity contribution >= 4 is 11.6 Å². The maximum Gasteiger partial charge on any atom is 0.241 e. The number of anilines is 1.